The Morgan fingerprint density at radius 1 is 1.69 bits per heavy atom. The number of hydrogen-bond donors (Lipinski definition) is 2. The molecular formula is C9H17N3O. The van der Waals surface area contributed by atoms with Crippen LogP contribution in [0.1, 0.15) is 12.6 Å². The normalized spacial score (nSPS) is 13.2. The second kappa shape index (κ2) is 4.99. The van der Waals surface area contributed by atoms with Gasteiger partial charge in [0.2, 0.25) is 0 Å². The SMILES string of the molecule is C[C@@H](O)CNCCc1ccn(C)n1. The predicted molar refractivity (Wildman–Crippen MR) is 51.5 cm³/mol. The summed E-state index contributed by atoms with van der Waals surface area (Å²) in [7, 11) is 1.91. The first kappa shape index (κ1) is 10.2. The highest BCUT2D eigenvalue weighted by atomic mass is 16.3. The van der Waals surface area contributed by atoms with Crippen molar-refractivity contribution in [2.75, 3.05) is 13.1 Å². The van der Waals surface area contributed by atoms with Gasteiger partial charge in [0.25, 0.3) is 0 Å². The van der Waals surface area contributed by atoms with Gasteiger partial charge in [-0.15, -0.1) is 0 Å². The molecule has 0 aliphatic rings. The Hall–Kier alpha value is -0.870. The summed E-state index contributed by atoms with van der Waals surface area (Å²) in [6.45, 7) is 3.28. The molecule has 0 aliphatic carbocycles. The molecule has 0 radical (unpaired) electrons. The second-order valence-corrected chi connectivity index (χ2v) is 3.28. The van der Waals surface area contributed by atoms with E-state index in [0.29, 0.717) is 6.54 Å². The first-order valence-electron chi connectivity index (χ1n) is 4.56. The van der Waals surface area contributed by atoms with Crippen LogP contribution in [0.3, 0.4) is 0 Å². The molecule has 0 spiro atoms. The highest BCUT2D eigenvalue weighted by Crippen LogP contribution is 1.93. The van der Waals surface area contributed by atoms with Crippen molar-refractivity contribution in [1.29, 1.82) is 0 Å². The maximum atomic E-state index is 8.97. The van der Waals surface area contributed by atoms with Crippen molar-refractivity contribution in [2.24, 2.45) is 7.05 Å². The van der Waals surface area contributed by atoms with E-state index < -0.39 is 0 Å². The summed E-state index contributed by atoms with van der Waals surface area (Å²) in [5, 5.41) is 16.4. The van der Waals surface area contributed by atoms with Crippen molar-refractivity contribution >= 4 is 0 Å². The Morgan fingerprint density at radius 2 is 2.46 bits per heavy atom. The minimum Gasteiger partial charge on any atom is -0.392 e. The average Bonchev–Trinajstić information content (AvgIpc) is 2.45. The number of aryl methyl sites for hydroxylation is 1. The number of aromatic nitrogens is 2. The van der Waals surface area contributed by atoms with Gasteiger partial charge in [0.1, 0.15) is 0 Å². The molecule has 13 heavy (non-hydrogen) atoms. The Balaban J connectivity index is 2.13. The third-order valence-corrected chi connectivity index (χ3v) is 1.77. The van der Waals surface area contributed by atoms with E-state index in [2.05, 4.69) is 10.4 Å². The number of aliphatic hydroxyl groups excluding tert-OH is 1. The number of nitrogens with zero attached hydrogens (tertiary/aromatic N) is 2. The fraction of sp³-hybridized carbons (Fsp3) is 0.667. The minimum atomic E-state index is -0.274. The standard InChI is InChI=1S/C9H17N3O/c1-8(13)7-10-5-3-9-4-6-12(2)11-9/h4,6,8,10,13H,3,5,7H2,1-2H3/t8-/m1/s1. The average molecular weight is 183 g/mol. The smallest absolute Gasteiger partial charge is 0.0637 e. The van der Waals surface area contributed by atoms with Crippen LogP contribution < -0.4 is 5.32 Å². The van der Waals surface area contributed by atoms with Crippen molar-refractivity contribution in [2.45, 2.75) is 19.4 Å². The molecule has 0 aromatic carbocycles. The molecule has 4 heteroatoms. The monoisotopic (exact) mass is 183 g/mol. The van der Waals surface area contributed by atoms with E-state index in [1.54, 1.807) is 11.6 Å². The summed E-state index contributed by atoms with van der Waals surface area (Å²) in [4.78, 5) is 0. The van der Waals surface area contributed by atoms with Gasteiger partial charge in [0.15, 0.2) is 0 Å². The van der Waals surface area contributed by atoms with E-state index >= 15 is 0 Å². The lowest BCUT2D eigenvalue weighted by molar-refractivity contribution is 0.191. The van der Waals surface area contributed by atoms with Gasteiger partial charge in [0.05, 0.1) is 11.8 Å². The highest BCUT2D eigenvalue weighted by Gasteiger charge is 1.97. The maximum Gasteiger partial charge on any atom is 0.0637 e. The Kier molecular flexibility index (Phi) is 3.92. The van der Waals surface area contributed by atoms with Gasteiger partial charge in [-0.2, -0.15) is 5.10 Å². The van der Waals surface area contributed by atoms with Gasteiger partial charge < -0.3 is 10.4 Å². The van der Waals surface area contributed by atoms with Crippen LogP contribution in [0.4, 0.5) is 0 Å². The predicted octanol–water partition coefficient (Wildman–Crippen LogP) is -0.0670. The van der Waals surface area contributed by atoms with E-state index in [-0.39, 0.29) is 6.10 Å². The zero-order valence-corrected chi connectivity index (χ0v) is 8.20. The van der Waals surface area contributed by atoms with E-state index in [1.165, 1.54) is 0 Å². The summed E-state index contributed by atoms with van der Waals surface area (Å²) >= 11 is 0. The molecule has 1 rings (SSSR count). The largest absolute Gasteiger partial charge is 0.392 e. The van der Waals surface area contributed by atoms with Gasteiger partial charge in [0, 0.05) is 32.8 Å². The summed E-state index contributed by atoms with van der Waals surface area (Å²) < 4.78 is 1.80. The van der Waals surface area contributed by atoms with Crippen molar-refractivity contribution < 1.29 is 5.11 Å². The zero-order valence-electron chi connectivity index (χ0n) is 8.20. The molecular weight excluding hydrogens is 166 g/mol. The summed E-state index contributed by atoms with van der Waals surface area (Å²) in [6.07, 6.45) is 2.57. The molecule has 0 aliphatic heterocycles. The zero-order chi connectivity index (χ0) is 9.68. The fourth-order valence-electron chi connectivity index (χ4n) is 1.12. The first-order chi connectivity index (χ1) is 6.18. The molecule has 0 fully saturated rings. The van der Waals surface area contributed by atoms with Crippen LogP contribution in [-0.4, -0.2) is 34.1 Å². The molecule has 0 unspecified atom stereocenters. The van der Waals surface area contributed by atoms with E-state index in [9.17, 15) is 0 Å². The lowest BCUT2D eigenvalue weighted by atomic mass is 10.3. The summed E-state index contributed by atoms with van der Waals surface area (Å²) in [5.41, 5.74) is 1.08. The fourth-order valence-corrected chi connectivity index (χ4v) is 1.12. The lowest BCUT2D eigenvalue weighted by Crippen LogP contribution is -2.26. The molecule has 1 aromatic rings. The molecule has 1 atom stereocenters. The Bertz CT molecular complexity index is 245. The van der Waals surface area contributed by atoms with E-state index in [4.69, 9.17) is 5.11 Å². The Labute approximate surface area is 78.6 Å². The molecule has 1 aromatic heterocycles. The molecule has 0 saturated carbocycles. The summed E-state index contributed by atoms with van der Waals surface area (Å²) in [6, 6.07) is 2.00. The van der Waals surface area contributed by atoms with Crippen LogP contribution >= 0.6 is 0 Å². The molecule has 74 valence electrons. The maximum absolute atomic E-state index is 8.97. The van der Waals surface area contributed by atoms with Gasteiger partial charge in [-0.1, -0.05) is 0 Å². The van der Waals surface area contributed by atoms with Gasteiger partial charge in [-0.25, -0.2) is 0 Å². The van der Waals surface area contributed by atoms with Crippen LogP contribution in [0.5, 0.6) is 0 Å². The lowest BCUT2D eigenvalue weighted by Gasteiger charge is -2.04. The third kappa shape index (κ3) is 4.05. The van der Waals surface area contributed by atoms with E-state index in [1.807, 2.05) is 19.3 Å². The van der Waals surface area contributed by atoms with Crippen LogP contribution in [0.2, 0.25) is 0 Å². The van der Waals surface area contributed by atoms with Gasteiger partial charge in [-0.05, 0) is 13.0 Å². The molecule has 0 bridgehead atoms. The number of aliphatic hydroxyl groups is 1. The van der Waals surface area contributed by atoms with Crippen LogP contribution in [0, 0.1) is 0 Å². The van der Waals surface area contributed by atoms with Crippen molar-refractivity contribution in [3.8, 4) is 0 Å². The highest BCUT2D eigenvalue weighted by molar-refractivity contribution is 4.98. The molecule has 2 N–H and O–H groups in total. The number of rotatable bonds is 5. The Morgan fingerprint density at radius 3 is 3.00 bits per heavy atom. The van der Waals surface area contributed by atoms with E-state index in [0.717, 1.165) is 18.7 Å². The molecule has 1 heterocycles. The second-order valence-electron chi connectivity index (χ2n) is 3.28. The van der Waals surface area contributed by atoms with Crippen molar-refractivity contribution in [1.82, 2.24) is 15.1 Å². The minimum absolute atomic E-state index is 0.274. The molecule has 0 amide bonds. The van der Waals surface area contributed by atoms with Gasteiger partial charge in [-0.3, -0.25) is 4.68 Å². The van der Waals surface area contributed by atoms with Crippen molar-refractivity contribution in [3.05, 3.63) is 18.0 Å². The summed E-state index contributed by atoms with van der Waals surface area (Å²) in [5.74, 6) is 0. The quantitative estimate of drug-likeness (QED) is 0.628. The third-order valence-electron chi connectivity index (χ3n) is 1.77. The van der Waals surface area contributed by atoms with Crippen LogP contribution in [0.15, 0.2) is 12.3 Å². The number of nitrogens with one attached hydrogen (secondary N) is 1. The molecule has 0 saturated heterocycles. The molecule has 4 nitrogen and oxygen atoms in total. The topological polar surface area (TPSA) is 50.1 Å². The van der Waals surface area contributed by atoms with Crippen molar-refractivity contribution in [3.63, 3.8) is 0 Å². The van der Waals surface area contributed by atoms with Crippen LogP contribution in [-0.2, 0) is 13.5 Å². The van der Waals surface area contributed by atoms with Gasteiger partial charge >= 0.3 is 0 Å². The number of hydrogen-bond acceptors (Lipinski definition) is 3. The van der Waals surface area contributed by atoms with Crippen LogP contribution in [0.25, 0.3) is 0 Å². The first-order valence-corrected chi connectivity index (χ1v) is 4.56.